The van der Waals surface area contributed by atoms with Crippen molar-refractivity contribution in [3.63, 3.8) is 0 Å². The first-order valence-electron chi connectivity index (χ1n) is 0.707. The molecule has 0 rings (SSSR count). The van der Waals surface area contributed by atoms with Gasteiger partial charge >= 0.3 is 74.3 Å². The van der Waals surface area contributed by atoms with Gasteiger partial charge in [0.05, 0.1) is 0 Å². The van der Waals surface area contributed by atoms with Crippen LogP contribution in [-0.2, 0) is 25.8 Å². The molecule has 0 atom stereocenters. The Morgan fingerprint density at radius 1 is 1.00 bits per heavy atom. The first-order chi connectivity index (χ1) is 1.73. The normalized spacial score (nSPS) is 3.86. The Kier molecular flexibility index (Phi) is 51.3. The zero-order valence-corrected chi connectivity index (χ0v) is 8.18. The van der Waals surface area contributed by atoms with Crippen LogP contribution in [0.15, 0.2) is 0 Å². The van der Waals surface area contributed by atoms with Gasteiger partial charge in [0.2, 0.25) is 0 Å². The molecule has 24 valence electrons. The van der Waals surface area contributed by atoms with Crippen molar-refractivity contribution in [3.05, 3.63) is 0 Å². The zero-order chi connectivity index (χ0) is 3.58. The molecule has 0 aliphatic rings. The van der Waals surface area contributed by atoms with Gasteiger partial charge in [0.1, 0.15) is 0 Å². The SMILES string of the molecule is [Li+].[Na+].[O-]B([O-])[O-].[Sc+3]. The van der Waals surface area contributed by atoms with Gasteiger partial charge in [0.25, 0.3) is 0 Å². The Labute approximate surface area is 95.3 Å². The third-order valence-corrected chi connectivity index (χ3v) is 0. The molecule has 0 amide bonds. The summed E-state index contributed by atoms with van der Waals surface area (Å²) >= 11 is 0. The maximum Gasteiger partial charge on any atom is 3.00 e. The van der Waals surface area contributed by atoms with E-state index in [0.29, 0.717) is 0 Å². The van der Waals surface area contributed by atoms with Crippen molar-refractivity contribution < 1.29 is 89.3 Å². The van der Waals surface area contributed by atoms with E-state index in [0.717, 1.165) is 0 Å². The Morgan fingerprint density at radius 3 is 1.00 bits per heavy atom. The van der Waals surface area contributed by atoms with Crippen LogP contribution in [0.1, 0.15) is 0 Å². The van der Waals surface area contributed by atoms with E-state index >= 15 is 0 Å². The molecular formula is BLiNaO3Sc+2. The van der Waals surface area contributed by atoms with E-state index in [9.17, 15) is 0 Å². The third-order valence-electron chi connectivity index (χ3n) is 0. The molecule has 0 bridgehead atoms. The largest absolute Gasteiger partial charge is 3.00 e. The minimum Gasteiger partial charge on any atom is -0.907 e. The topological polar surface area (TPSA) is 69.2 Å². The predicted octanol–water partition coefficient (Wildman–Crippen LogP) is -9.94. The molecule has 0 spiro atoms. The van der Waals surface area contributed by atoms with Crippen LogP contribution in [0.2, 0.25) is 0 Å². The summed E-state index contributed by atoms with van der Waals surface area (Å²) in [5, 5.41) is 25.2. The molecule has 0 unspecified atom stereocenters. The second-order valence-corrected chi connectivity index (χ2v) is 0.289. The second kappa shape index (κ2) is 15.8. The van der Waals surface area contributed by atoms with Gasteiger partial charge in [-0.25, -0.2) is 0 Å². The molecule has 0 aliphatic carbocycles. The van der Waals surface area contributed by atoms with Gasteiger partial charge in [-0.2, -0.15) is 0 Å². The fraction of sp³-hybridized carbons (Fsp3) is 0. The Morgan fingerprint density at radius 2 is 1.00 bits per heavy atom. The van der Waals surface area contributed by atoms with Gasteiger partial charge in [-0.15, -0.1) is 0 Å². The Bertz CT molecular complexity index is 19.7. The van der Waals surface area contributed by atoms with Gasteiger partial charge in [-0.3, -0.25) is 7.32 Å². The molecule has 0 aromatic heterocycles. The van der Waals surface area contributed by atoms with Crippen LogP contribution < -0.4 is 63.5 Å². The van der Waals surface area contributed by atoms with Crippen molar-refractivity contribution in [3.8, 4) is 0 Å². The number of hydrogen-bond acceptors (Lipinski definition) is 3. The monoisotopic (exact) mass is 134 g/mol. The molecule has 0 N–H and O–H groups in total. The Hall–Kier alpha value is 2.41. The molecule has 0 aromatic rings. The molecule has 0 aliphatic heterocycles. The molecule has 0 heterocycles. The van der Waals surface area contributed by atoms with Crippen LogP contribution >= 0.6 is 0 Å². The van der Waals surface area contributed by atoms with Crippen molar-refractivity contribution in [1.29, 1.82) is 0 Å². The summed E-state index contributed by atoms with van der Waals surface area (Å²) in [6.07, 6.45) is 0. The maximum absolute atomic E-state index is 8.42. The van der Waals surface area contributed by atoms with E-state index in [1.165, 1.54) is 0 Å². The molecule has 0 saturated heterocycles. The first-order valence-corrected chi connectivity index (χ1v) is 0.707. The zero-order valence-electron chi connectivity index (χ0n) is 4.38. The summed E-state index contributed by atoms with van der Waals surface area (Å²) in [6, 6.07) is 0. The predicted molar refractivity (Wildman–Crippen MR) is 5.75 cm³/mol. The number of rotatable bonds is 0. The molecule has 0 aromatic carbocycles. The molecule has 7 heavy (non-hydrogen) atoms. The maximum atomic E-state index is 8.42. The first kappa shape index (κ1) is 22.7. The summed E-state index contributed by atoms with van der Waals surface area (Å²) in [5.74, 6) is 0. The summed E-state index contributed by atoms with van der Waals surface area (Å²) < 4.78 is 0. The van der Waals surface area contributed by atoms with E-state index in [-0.39, 0.29) is 74.3 Å². The molecule has 0 saturated carbocycles. The van der Waals surface area contributed by atoms with Crippen molar-refractivity contribution >= 4 is 7.32 Å². The van der Waals surface area contributed by atoms with Gasteiger partial charge in [-0.05, 0) is 0 Å². The van der Waals surface area contributed by atoms with E-state index in [4.69, 9.17) is 15.1 Å². The third kappa shape index (κ3) is 59.4. The quantitative estimate of drug-likeness (QED) is 0.308. The smallest absolute Gasteiger partial charge is 0.907 e. The fourth-order valence-electron chi connectivity index (χ4n) is 0. The van der Waals surface area contributed by atoms with E-state index in [1.807, 2.05) is 0 Å². The molecular weight excluding hydrogens is 134 g/mol. The molecule has 0 radical (unpaired) electrons. The van der Waals surface area contributed by atoms with Crippen molar-refractivity contribution in [1.82, 2.24) is 0 Å². The van der Waals surface area contributed by atoms with Crippen molar-refractivity contribution in [2.75, 3.05) is 0 Å². The van der Waals surface area contributed by atoms with Crippen LogP contribution in [0.3, 0.4) is 0 Å². The summed E-state index contributed by atoms with van der Waals surface area (Å²) in [6.45, 7) is 0. The molecule has 3 nitrogen and oxygen atoms in total. The van der Waals surface area contributed by atoms with Crippen LogP contribution in [0, 0.1) is 0 Å². The summed E-state index contributed by atoms with van der Waals surface area (Å²) in [4.78, 5) is 0. The van der Waals surface area contributed by atoms with Crippen molar-refractivity contribution in [2.45, 2.75) is 0 Å². The average molecular weight is 134 g/mol. The minimum atomic E-state index is -2.92. The van der Waals surface area contributed by atoms with Crippen LogP contribution in [-0.4, -0.2) is 7.32 Å². The molecule has 7 heteroatoms. The van der Waals surface area contributed by atoms with Gasteiger partial charge in [-0.1, -0.05) is 0 Å². The van der Waals surface area contributed by atoms with Crippen LogP contribution in [0.5, 0.6) is 0 Å². The molecule has 0 fully saturated rings. The van der Waals surface area contributed by atoms with Crippen LogP contribution in [0.4, 0.5) is 0 Å². The van der Waals surface area contributed by atoms with Gasteiger partial charge in [0.15, 0.2) is 0 Å². The van der Waals surface area contributed by atoms with Crippen molar-refractivity contribution in [2.24, 2.45) is 0 Å². The minimum absolute atomic E-state index is 0. The summed E-state index contributed by atoms with van der Waals surface area (Å²) in [7, 11) is -2.92. The second-order valence-electron chi connectivity index (χ2n) is 0.289. The standard InChI is InChI=1S/BO3.Li.Na.Sc/c2-1(3)4;;;/q-3;2*+1;+3. The van der Waals surface area contributed by atoms with E-state index in [2.05, 4.69) is 0 Å². The van der Waals surface area contributed by atoms with Gasteiger partial charge < -0.3 is 15.1 Å². The Balaban J connectivity index is -0.0000000150. The number of hydrogen-bond donors (Lipinski definition) is 0. The average Bonchev–Trinajstić information content (AvgIpc) is 0.811. The fourth-order valence-corrected chi connectivity index (χ4v) is 0. The van der Waals surface area contributed by atoms with Gasteiger partial charge in [0, 0.05) is 0 Å². The summed E-state index contributed by atoms with van der Waals surface area (Å²) in [5.41, 5.74) is 0. The van der Waals surface area contributed by atoms with E-state index in [1.54, 1.807) is 0 Å². The van der Waals surface area contributed by atoms with E-state index < -0.39 is 7.32 Å². The van der Waals surface area contributed by atoms with Crippen LogP contribution in [0.25, 0.3) is 0 Å².